The zero-order valence-electron chi connectivity index (χ0n) is 12.0. The molecule has 0 saturated carbocycles. The standard InChI is InChI=1S/C15H16N2O4S/c1-8(18)12-10-6-11(13(15(20)21)17(10)14(12)19)22-7-9-4-2-3-5-16-9/h2-5,8,10,12,18H,6-7H2,1H3,(H,20,21). The van der Waals surface area contributed by atoms with E-state index in [1.165, 1.54) is 16.7 Å². The highest BCUT2D eigenvalue weighted by molar-refractivity contribution is 8.02. The second-order valence-electron chi connectivity index (χ2n) is 5.43. The number of hydrogen-bond acceptors (Lipinski definition) is 5. The van der Waals surface area contributed by atoms with Crippen LogP contribution >= 0.6 is 11.8 Å². The fourth-order valence-corrected chi connectivity index (χ4v) is 4.11. The van der Waals surface area contributed by atoms with Crippen LogP contribution in [0.15, 0.2) is 35.0 Å². The number of hydrogen-bond donors (Lipinski definition) is 2. The van der Waals surface area contributed by atoms with Crippen LogP contribution in [0.5, 0.6) is 0 Å². The van der Waals surface area contributed by atoms with Crippen LogP contribution in [0.1, 0.15) is 19.0 Å². The number of nitrogens with zero attached hydrogens (tertiary/aromatic N) is 2. The number of carbonyl (C=O) groups excluding carboxylic acids is 1. The number of rotatable bonds is 5. The fourth-order valence-electron chi connectivity index (χ4n) is 3.00. The number of carboxylic acid groups (broad SMARTS) is 1. The van der Waals surface area contributed by atoms with Crippen molar-refractivity contribution in [2.45, 2.75) is 31.2 Å². The van der Waals surface area contributed by atoms with Crippen LogP contribution in [-0.4, -0.2) is 44.1 Å². The van der Waals surface area contributed by atoms with E-state index in [2.05, 4.69) is 4.98 Å². The number of amides is 1. The fraction of sp³-hybridized carbons (Fsp3) is 0.400. The van der Waals surface area contributed by atoms with Gasteiger partial charge in [0.2, 0.25) is 5.91 Å². The van der Waals surface area contributed by atoms with Crippen molar-refractivity contribution in [1.29, 1.82) is 0 Å². The Labute approximate surface area is 131 Å². The molecule has 0 radical (unpaired) electrons. The summed E-state index contributed by atoms with van der Waals surface area (Å²) in [5.41, 5.74) is 0.921. The molecular weight excluding hydrogens is 304 g/mol. The van der Waals surface area contributed by atoms with Crippen molar-refractivity contribution in [3.8, 4) is 0 Å². The predicted octanol–water partition coefficient (Wildman–Crippen LogP) is 1.22. The Bertz CT molecular complexity index is 644. The Morgan fingerprint density at radius 2 is 2.32 bits per heavy atom. The van der Waals surface area contributed by atoms with Crippen molar-refractivity contribution in [2.75, 3.05) is 0 Å². The molecule has 3 atom stereocenters. The van der Waals surface area contributed by atoms with Crippen molar-refractivity contribution in [3.05, 3.63) is 40.7 Å². The molecule has 1 aromatic heterocycles. The molecule has 1 aromatic rings. The third-order valence-electron chi connectivity index (χ3n) is 4.01. The highest BCUT2D eigenvalue weighted by Crippen LogP contribution is 2.47. The van der Waals surface area contributed by atoms with Crippen molar-refractivity contribution in [2.24, 2.45) is 5.92 Å². The maximum atomic E-state index is 12.1. The summed E-state index contributed by atoms with van der Waals surface area (Å²) < 4.78 is 0. The molecule has 2 aliphatic heterocycles. The molecule has 116 valence electrons. The number of aliphatic hydroxyl groups is 1. The van der Waals surface area contributed by atoms with Crippen LogP contribution in [0.4, 0.5) is 0 Å². The predicted molar refractivity (Wildman–Crippen MR) is 80.6 cm³/mol. The average molecular weight is 320 g/mol. The number of β-lactam (4-membered cyclic amide) rings is 1. The lowest BCUT2D eigenvalue weighted by Crippen LogP contribution is -2.61. The Balaban J connectivity index is 1.78. The van der Waals surface area contributed by atoms with Crippen LogP contribution in [0.25, 0.3) is 0 Å². The molecule has 2 aliphatic rings. The van der Waals surface area contributed by atoms with E-state index in [-0.39, 0.29) is 17.6 Å². The van der Waals surface area contributed by atoms with Crippen molar-refractivity contribution in [1.82, 2.24) is 9.88 Å². The lowest BCUT2D eigenvalue weighted by molar-refractivity contribution is -0.161. The summed E-state index contributed by atoms with van der Waals surface area (Å²) in [4.78, 5) is 29.8. The molecular formula is C15H16N2O4S. The molecule has 6 nitrogen and oxygen atoms in total. The molecule has 7 heteroatoms. The highest BCUT2D eigenvalue weighted by Gasteiger charge is 2.56. The van der Waals surface area contributed by atoms with E-state index in [0.29, 0.717) is 17.1 Å². The van der Waals surface area contributed by atoms with Gasteiger partial charge in [-0.25, -0.2) is 4.79 Å². The number of carboxylic acids is 1. The number of aliphatic hydroxyl groups excluding tert-OH is 1. The van der Waals surface area contributed by atoms with E-state index < -0.39 is 18.0 Å². The van der Waals surface area contributed by atoms with Crippen molar-refractivity contribution in [3.63, 3.8) is 0 Å². The first-order valence-corrected chi connectivity index (χ1v) is 7.99. The van der Waals surface area contributed by atoms with Gasteiger partial charge in [0.25, 0.3) is 0 Å². The van der Waals surface area contributed by atoms with E-state index in [1.54, 1.807) is 13.1 Å². The second-order valence-corrected chi connectivity index (χ2v) is 6.50. The van der Waals surface area contributed by atoms with E-state index >= 15 is 0 Å². The summed E-state index contributed by atoms with van der Waals surface area (Å²) in [5, 5.41) is 19.1. The van der Waals surface area contributed by atoms with E-state index in [1.807, 2.05) is 18.2 Å². The molecule has 0 aromatic carbocycles. The number of aromatic nitrogens is 1. The van der Waals surface area contributed by atoms with Gasteiger partial charge in [-0.1, -0.05) is 6.07 Å². The van der Waals surface area contributed by atoms with Crippen LogP contribution in [0.3, 0.4) is 0 Å². The van der Waals surface area contributed by atoms with Gasteiger partial charge in [-0.2, -0.15) is 0 Å². The highest BCUT2D eigenvalue weighted by atomic mass is 32.2. The van der Waals surface area contributed by atoms with Crippen molar-refractivity contribution >= 4 is 23.6 Å². The average Bonchev–Trinajstić information content (AvgIpc) is 2.80. The van der Waals surface area contributed by atoms with Gasteiger partial charge in [-0.15, -0.1) is 11.8 Å². The number of carbonyl (C=O) groups is 2. The van der Waals surface area contributed by atoms with E-state index in [9.17, 15) is 19.8 Å². The number of fused-ring (bicyclic) bond motifs is 1. The van der Waals surface area contributed by atoms with Gasteiger partial charge in [-0.05, 0) is 19.1 Å². The van der Waals surface area contributed by atoms with Gasteiger partial charge in [-0.3, -0.25) is 9.78 Å². The van der Waals surface area contributed by atoms with E-state index in [4.69, 9.17) is 0 Å². The molecule has 0 bridgehead atoms. The molecule has 3 unspecified atom stereocenters. The third-order valence-corrected chi connectivity index (χ3v) is 5.16. The minimum atomic E-state index is -1.09. The largest absolute Gasteiger partial charge is 0.477 e. The zero-order chi connectivity index (χ0) is 15.9. The molecule has 1 fully saturated rings. The lowest BCUT2D eigenvalue weighted by Gasteiger charge is -2.44. The summed E-state index contributed by atoms with van der Waals surface area (Å²) in [6.45, 7) is 1.57. The normalized spacial score (nSPS) is 25.0. The molecule has 3 rings (SSSR count). The van der Waals surface area contributed by atoms with Crippen molar-refractivity contribution < 1.29 is 19.8 Å². The minimum Gasteiger partial charge on any atom is -0.477 e. The molecule has 22 heavy (non-hydrogen) atoms. The van der Waals surface area contributed by atoms with Gasteiger partial charge in [0.15, 0.2) is 0 Å². The summed E-state index contributed by atoms with van der Waals surface area (Å²) in [6, 6.07) is 5.35. The van der Waals surface area contributed by atoms with Gasteiger partial charge >= 0.3 is 5.97 Å². The van der Waals surface area contributed by atoms with Crippen LogP contribution in [0.2, 0.25) is 0 Å². The Kier molecular flexibility index (Phi) is 3.92. The van der Waals surface area contributed by atoms with Crippen LogP contribution in [0, 0.1) is 5.92 Å². The van der Waals surface area contributed by atoms with E-state index in [0.717, 1.165) is 5.69 Å². The maximum absolute atomic E-state index is 12.1. The molecule has 1 amide bonds. The monoisotopic (exact) mass is 320 g/mol. The summed E-state index contributed by atoms with van der Waals surface area (Å²) in [7, 11) is 0. The SMILES string of the molecule is CC(O)C1C(=O)N2C(C(=O)O)=C(SCc3ccccn3)CC12. The molecule has 0 aliphatic carbocycles. The summed E-state index contributed by atoms with van der Waals surface area (Å²) in [5.74, 6) is -1.34. The molecule has 2 N–H and O–H groups in total. The number of thioether (sulfide) groups is 1. The number of aliphatic carboxylic acids is 1. The van der Waals surface area contributed by atoms with Gasteiger partial charge < -0.3 is 15.1 Å². The quantitative estimate of drug-likeness (QED) is 0.793. The smallest absolute Gasteiger partial charge is 0.353 e. The Hall–Kier alpha value is -1.86. The number of pyridine rings is 1. The first kappa shape index (κ1) is 15.1. The first-order valence-electron chi connectivity index (χ1n) is 7.01. The molecule has 1 saturated heterocycles. The van der Waals surface area contributed by atoms with Crippen LogP contribution < -0.4 is 0 Å². The Morgan fingerprint density at radius 3 is 2.91 bits per heavy atom. The third kappa shape index (κ3) is 2.40. The molecule has 3 heterocycles. The first-order chi connectivity index (χ1) is 10.5. The lowest BCUT2D eigenvalue weighted by atomic mass is 9.83. The van der Waals surface area contributed by atoms with Crippen LogP contribution in [-0.2, 0) is 15.3 Å². The minimum absolute atomic E-state index is 0.0628. The Morgan fingerprint density at radius 1 is 1.55 bits per heavy atom. The van der Waals surface area contributed by atoms with Gasteiger partial charge in [0.05, 0.1) is 23.8 Å². The summed E-state index contributed by atoms with van der Waals surface area (Å²) >= 11 is 1.40. The topological polar surface area (TPSA) is 90.7 Å². The van der Waals surface area contributed by atoms with Gasteiger partial charge in [0, 0.05) is 23.3 Å². The summed E-state index contributed by atoms with van der Waals surface area (Å²) in [6.07, 6.45) is 1.42. The maximum Gasteiger partial charge on any atom is 0.353 e. The second kappa shape index (κ2) is 5.73. The van der Waals surface area contributed by atoms with Gasteiger partial charge in [0.1, 0.15) is 5.70 Å². The zero-order valence-corrected chi connectivity index (χ0v) is 12.8. The molecule has 0 spiro atoms.